The minimum Gasteiger partial charge on any atom is -0.364 e. The van der Waals surface area contributed by atoms with Crippen molar-refractivity contribution >= 4 is 11.3 Å². The van der Waals surface area contributed by atoms with Gasteiger partial charge in [0.15, 0.2) is 0 Å². The van der Waals surface area contributed by atoms with Gasteiger partial charge in [-0.05, 0) is 42.0 Å². The maximum Gasteiger partial charge on any atom is 0.0735 e. The molecule has 0 amide bonds. The van der Waals surface area contributed by atoms with E-state index < -0.39 is 0 Å². The number of hydrogen-bond donors (Lipinski definition) is 2. The highest BCUT2D eigenvalue weighted by Gasteiger charge is 2.20. The number of thiophene rings is 1. The van der Waals surface area contributed by atoms with Crippen molar-refractivity contribution in [3.8, 4) is 10.4 Å². The lowest BCUT2D eigenvalue weighted by atomic mass is 10.00. The third-order valence-electron chi connectivity index (χ3n) is 3.84. The van der Waals surface area contributed by atoms with Crippen LogP contribution in [0.15, 0.2) is 79.1 Å². The van der Waals surface area contributed by atoms with Crippen molar-refractivity contribution in [1.29, 1.82) is 0 Å². The van der Waals surface area contributed by atoms with Gasteiger partial charge >= 0.3 is 0 Å². The van der Waals surface area contributed by atoms with Gasteiger partial charge in [-0.25, -0.2) is 0 Å². The van der Waals surface area contributed by atoms with Crippen LogP contribution in [0, 0.1) is 0 Å². The summed E-state index contributed by atoms with van der Waals surface area (Å²) in [5.74, 6) is 0.229. The van der Waals surface area contributed by atoms with Crippen molar-refractivity contribution in [3.05, 3.63) is 95.4 Å². The van der Waals surface area contributed by atoms with E-state index in [1.54, 1.807) is 0 Å². The molecule has 0 fully saturated rings. The summed E-state index contributed by atoms with van der Waals surface area (Å²) in [7, 11) is 0. The SMILES string of the molecule is c1ccc(-c2ccc(C(c3ccc[nH]3)c3ccc[nH]3)s2)cc1. The second-order valence-corrected chi connectivity index (χ2v) is 6.37. The van der Waals surface area contributed by atoms with Crippen LogP contribution in [0.5, 0.6) is 0 Å². The predicted molar refractivity (Wildman–Crippen MR) is 92.3 cm³/mol. The van der Waals surface area contributed by atoms with E-state index in [1.807, 2.05) is 23.7 Å². The van der Waals surface area contributed by atoms with E-state index in [2.05, 4.69) is 76.7 Å². The molecule has 0 aliphatic rings. The number of H-pyrrole nitrogens is 2. The van der Waals surface area contributed by atoms with E-state index >= 15 is 0 Å². The van der Waals surface area contributed by atoms with Crippen LogP contribution in [0.4, 0.5) is 0 Å². The van der Waals surface area contributed by atoms with Crippen molar-refractivity contribution in [2.24, 2.45) is 0 Å². The molecular formula is C19H16N2S. The number of aromatic amines is 2. The predicted octanol–water partition coefficient (Wildman–Crippen LogP) is 5.25. The Morgan fingerprint density at radius 1 is 0.682 bits per heavy atom. The molecule has 0 spiro atoms. The summed E-state index contributed by atoms with van der Waals surface area (Å²) in [5, 5.41) is 0. The summed E-state index contributed by atoms with van der Waals surface area (Å²) in [5.41, 5.74) is 3.70. The van der Waals surface area contributed by atoms with Crippen molar-refractivity contribution in [1.82, 2.24) is 9.97 Å². The first-order valence-electron chi connectivity index (χ1n) is 7.33. The summed E-state index contributed by atoms with van der Waals surface area (Å²) in [6, 6.07) is 23.4. The zero-order chi connectivity index (χ0) is 14.8. The normalized spacial score (nSPS) is 11.1. The molecule has 4 aromatic rings. The second kappa shape index (κ2) is 5.70. The first-order valence-corrected chi connectivity index (χ1v) is 8.15. The van der Waals surface area contributed by atoms with Gasteiger partial charge in [0.1, 0.15) is 0 Å². The summed E-state index contributed by atoms with van der Waals surface area (Å²) < 4.78 is 0. The van der Waals surface area contributed by atoms with E-state index in [0.717, 1.165) is 0 Å². The molecule has 1 aromatic carbocycles. The molecule has 3 aromatic heterocycles. The van der Waals surface area contributed by atoms with Crippen molar-refractivity contribution < 1.29 is 0 Å². The van der Waals surface area contributed by atoms with E-state index in [4.69, 9.17) is 0 Å². The summed E-state index contributed by atoms with van der Waals surface area (Å²) in [4.78, 5) is 9.36. The van der Waals surface area contributed by atoms with E-state index in [1.165, 1.54) is 26.7 Å². The fraction of sp³-hybridized carbons (Fsp3) is 0.0526. The highest BCUT2D eigenvalue weighted by molar-refractivity contribution is 7.15. The molecule has 0 aliphatic heterocycles. The van der Waals surface area contributed by atoms with Crippen LogP contribution in [-0.2, 0) is 0 Å². The fourth-order valence-electron chi connectivity index (χ4n) is 2.79. The molecule has 0 atom stereocenters. The Bertz CT molecular complexity index is 793. The molecule has 0 saturated heterocycles. The van der Waals surface area contributed by atoms with Gasteiger partial charge in [-0.1, -0.05) is 30.3 Å². The molecule has 0 saturated carbocycles. The summed E-state index contributed by atoms with van der Waals surface area (Å²) in [6.45, 7) is 0. The largest absolute Gasteiger partial charge is 0.364 e. The monoisotopic (exact) mass is 304 g/mol. The lowest BCUT2D eigenvalue weighted by Crippen LogP contribution is -2.01. The van der Waals surface area contributed by atoms with Gasteiger partial charge in [0.05, 0.1) is 5.92 Å². The molecule has 0 aliphatic carbocycles. The topological polar surface area (TPSA) is 31.6 Å². The van der Waals surface area contributed by atoms with Crippen LogP contribution in [-0.4, -0.2) is 9.97 Å². The maximum absolute atomic E-state index is 3.36. The van der Waals surface area contributed by atoms with E-state index in [9.17, 15) is 0 Å². The van der Waals surface area contributed by atoms with Gasteiger partial charge < -0.3 is 9.97 Å². The molecular weight excluding hydrogens is 288 g/mol. The quantitative estimate of drug-likeness (QED) is 0.516. The smallest absolute Gasteiger partial charge is 0.0735 e. The molecule has 3 heterocycles. The first kappa shape index (κ1) is 13.2. The Balaban J connectivity index is 1.77. The minimum atomic E-state index is 0.229. The van der Waals surface area contributed by atoms with Crippen LogP contribution in [0.25, 0.3) is 10.4 Å². The average Bonchev–Trinajstić information content (AvgIpc) is 3.32. The summed E-state index contributed by atoms with van der Waals surface area (Å²) in [6.07, 6.45) is 3.97. The number of benzene rings is 1. The van der Waals surface area contributed by atoms with Crippen LogP contribution in [0.2, 0.25) is 0 Å². The van der Waals surface area contributed by atoms with Crippen LogP contribution in [0.1, 0.15) is 22.2 Å². The lowest BCUT2D eigenvalue weighted by molar-refractivity contribution is 0.917. The minimum absolute atomic E-state index is 0.229. The van der Waals surface area contributed by atoms with Gasteiger partial charge in [-0.15, -0.1) is 11.3 Å². The van der Waals surface area contributed by atoms with Gasteiger partial charge in [-0.3, -0.25) is 0 Å². The standard InChI is InChI=1S/C19H16N2S/c1-2-6-14(7-3-1)17-10-11-18(22-17)19(15-8-4-12-20-15)16-9-5-13-21-16/h1-13,19-21H. The maximum atomic E-state index is 3.36. The molecule has 4 rings (SSSR count). The second-order valence-electron chi connectivity index (χ2n) is 5.25. The Hall–Kier alpha value is -2.52. The number of nitrogens with one attached hydrogen (secondary N) is 2. The molecule has 2 N–H and O–H groups in total. The van der Waals surface area contributed by atoms with Gasteiger partial charge in [-0.2, -0.15) is 0 Å². The highest BCUT2D eigenvalue weighted by atomic mass is 32.1. The fourth-order valence-corrected chi connectivity index (χ4v) is 3.94. The van der Waals surface area contributed by atoms with Crippen LogP contribution >= 0.6 is 11.3 Å². The van der Waals surface area contributed by atoms with Crippen LogP contribution < -0.4 is 0 Å². The zero-order valence-electron chi connectivity index (χ0n) is 12.0. The molecule has 2 nitrogen and oxygen atoms in total. The van der Waals surface area contributed by atoms with Crippen LogP contribution in [0.3, 0.4) is 0 Å². The Kier molecular flexibility index (Phi) is 3.41. The van der Waals surface area contributed by atoms with Gasteiger partial charge in [0.25, 0.3) is 0 Å². The average molecular weight is 304 g/mol. The number of hydrogen-bond acceptors (Lipinski definition) is 1. The molecule has 22 heavy (non-hydrogen) atoms. The number of rotatable bonds is 4. The van der Waals surface area contributed by atoms with E-state index in [0.29, 0.717) is 0 Å². The van der Waals surface area contributed by atoms with Crippen molar-refractivity contribution in [3.63, 3.8) is 0 Å². The molecule has 108 valence electrons. The molecule has 0 unspecified atom stereocenters. The third kappa shape index (κ3) is 2.40. The summed E-state index contributed by atoms with van der Waals surface area (Å²) >= 11 is 1.85. The zero-order valence-corrected chi connectivity index (χ0v) is 12.8. The highest BCUT2D eigenvalue weighted by Crippen LogP contribution is 2.37. The van der Waals surface area contributed by atoms with Gasteiger partial charge in [0.2, 0.25) is 0 Å². The van der Waals surface area contributed by atoms with Crippen molar-refractivity contribution in [2.75, 3.05) is 0 Å². The molecule has 3 heteroatoms. The Morgan fingerprint density at radius 3 is 1.95 bits per heavy atom. The van der Waals surface area contributed by atoms with E-state index in [-0.39, 0.29) is 5.92 Å². The third-order valence-corrected chi connectivity index (χ3v) is 5.03. The Labute approximate surface area is 133 Å². The lowest BCUT2D eigenvalue weighted by Gasteiger charge is -2.12. The number of aromatic nitrogens is 2. The van der Waals surface area contributed by atoms with Crippen molar-refractivity contribution in [2.45, 2.75) is 5.92 Å². The first-order chi connectivity index (χ1) is 10.9. The Morgan fingerprint density at radius 2 is 1.36 bits per heavy atom. The molecule has 0 radical (unpaired) electrons. The van der Waals surface area contributed by atoms with Gasteiger partial charge in [0, 0.05) is 33.5 Å². The molecule has 0 bridgehead atoms.